The van der Waals surface area contributed by atoms with Gasteiger partial charge < -0.3 is 19.9 Å². The van der Waals surface area contributed by atoms with Crippen LogP contribution in [0.15, 0.2) is 30.3 Å². The standard InChI is InChI=1S/C19H20ClNO5/c1-4-7-26-17-14(20)8-13(10-16(17)25-3)18(22)21-15-9-12(19(23)24)6-5-11(15)2/h5-6,8-10H,4,7H2,1-3H3,(H,21,22)(H,23,24). The van der Waals surface area contributed by atoms with Crippen LogP contribution in [0.1, 0.15) is 39.6 Å². The van der Waals surface area contributed by atoms with E-state index in [1.165, 1.54) is 31.4 Å². The van der Waals surface area contributed by atoms with Gasteiger partial charge in [-0.1, -0.05) is 24.6 Å². The highest BCUT2D eigenvalue weighted by molar-refractivity contribution is 6.32. The van der Waals surface area contributed by atoms with Crippen LogP contribution in [0, 0.1) is 6.92 Å². The molecule has 0 saturated heterocycles. The van der Waals surface area contributed by atoms with Gasteiger partial charge in [0, 0.05) is 11.3 Å². The molecule has 0 aliphatic heterocycles. The lowest BCUT2D eigenvalue weighted by molar-refractivity contribution is 0.0696. The highest BCUT2D eigenvalue weighted by Gasteiger charge is 2.17. The Hall–Kier alpha value is -2.73. The van der Waals surface area contributed by atoms with Gasteiger partial charge in [0.2, 0.25) is 0 Å². The number of methoxy groups -OCH3 is 1. The smallest absolute Gasteiger partial charge is 0.335 e. The van der Waals surface area contributed by atoms with Crippen molar-refractivity contribution in [2.75, 3.05) is 19.0 Å². The number of aryl methyl sites for hydroxylation is 1. The van der Waals surface area contributed by atoms with Crippen molar-refractivity contribution in [1.29, 1.82) is 0 Å². The molecule has 0 aliphatic rings. The summed E-state index contributed by atoms with van der Waals surface area (Å²) in [7, 11) is 1.46. The minimum atomic E-state index is -1.07. The first-order chi connectivity index (χ1) is 12.4. The summed E-state index contributed by atoms with van der Waals surface area (Å²) in [6.45, 7) is 4.22. The van der Waals surface area contributed by atoms with E-state index in [2.05, 4.69) is 5.32 Å². The zero-order valence-electron chi connectivity index (χ0n) is 14.8. The Morgan fingerprint density at radius 3 is 2.54 bits per heavy atom. The quantitative estimate of drug-likeness (QED) is 0.747. The van der Waals surface area contributed by atoms with Crippen molar-refractivity contribution in [3.8, 4) is 11.5 Å². The van der Waals surface area contributed by atoms with E-state index < -0.39 is 11.9 Å². The van der Waals surface area contributed by atoms with Crippen molar-refractivity contribution < 1.29 is 24.2 Å². The van der Waals surface area contributed by atoms with Crippen molar-refractivity contribution in [3.63, 3.8) is 0 Å². The number of carbonyl (C=O) groups is 2. The van der Waals surface area contributed by atoms with Crippen LogP contribution in [-0.4, -0.2) is 30.7 Å². The molecular formula is C19H20ClNO5. The Morgan fingerprint density at radius 1 is 1.19 bits per heavy atom. The number of aromatic carboxylic acids is 1. The summed E-state index contributed by atoms with van der Waals surface area (Å²) in [5.74, 6) is -0.760. The first-order valence-corrected chi connectivity index (χ1v) is 8.40. The number of carbonyl (C=O) groups excluding carboxylic acids is 1. The first kappa shape index (κ1) is 19.6. The van der Waals surface area contributed by atoms with Crippen LogP contribution in [0.2, 0.25) is 5.02 Å². The van der Waals surface area contributed by atoms with Crippen molar-refractivity contribution in [3.05, 3.63) is 52.0 Å². The molecule has 1 amide bonds. The van der Waals surface area contributed by atoms with Gasteiger partial charge >= 0.3 is 5.97 Å². The second kappa shape index (κ2) is 8.58. The molecule has 0 spiro atoms. The van der Waals surface area contributed by atoms with Crippen LogP contribution in [-0.2, 0) is 0 Å². The van der Waals surface area contributed by atoms with Gasteiger partial charge in [0.15, 0.2) is 11.5 Å². The van der Waals surface area contributed by atoms with E-state index in [0.29, 0.717) is 23.8 Å². The summed E-state index contributed by atoms with van der Waals surface area (Å²) >= 11 is 6.23. The van der Waals surface area contributed by atoms with Crippen molar-refractivity contribution in [2.24, 2.45) is 0 Å². The lowest BCUT2D eigenvalue weighted by atomic mass is 10.1. The lowest BCUT2D eigenvalue weighted by Gasteiger charge is -2.14. The third-order valence-electron chi connectivity index (χ3n) is 3.67. The molecule has 0 aromatic heterocycles. The zero-order valence-corrected chi connectivity index (χ0v) is 15.5. The Kier molecular flexibility index (Phi) is 6.46. The number of hydrogen-bond acceptors (Lipinski definition) is 4. The highest BCUT2D eigenvalue weighted by atomic mass is 35.5. The second-order valence-corrected chi connectivity index (χ2v) is 6.03. The monoisotopic (exact) mass is 377 g/mol. The largest absolute Gasteiger partial charge is 0.493 e. The number of carboxylic acids is 1. The van der Waals surface area contributed by atoms with Gasteiger partial charge in [-0.2, -0.15) is 0 Å². The minimum Gasteiger partial charge on any atom is -0.493 e. The minimum absolute atomic E-state index is 0.0878. The molecular weight excluding hydrogens is 358 g/mol. The lowest BCUT2D eigenvalue weighted by Crippen LogP contribution is -2.14. The number of rotatable bonds is 7. The number of carboxylic acid groups (broad SMARTS) is 1. The van der Waals surface area contributed by atoms with Gasteiger partial charge in [-0.25, -0.2) is 4.79 Å². The Bertz CT molecular complexity index is 835. The first-order valence-electron chi connectivity index (χ1n) is 8.03. The second-order valence-electron chi connectivity index (χ2n) is 5.63. The van der Waals surface area contributed by atoms with E-state index in [0.717, 1.165) is 12.0 Å². The van der Waals surface area contributed by atoms with Crippen LogP contribution in [0.4, 0.5) is 5.69 Å². The molecule has 7 heteroatoms. The maximum atomic E-state index is 12.6. The Morgan fingerprint density at radius 2 is 1.92 bits per heavy atom. The predicted octanol–water partition coefficient (Wildman–Crippen LogP) is 4.40. The normalized spacial score (nSPS) is 10.3. The molecule has 6 nitrogen and oxygen atoms in total. The van der Waals surface area contributed by atoms with E-state index in [4.69, 9.17) is 26.2 Å². The number of amides is 1. The molecule has 0 atom stereocenters. The third-order valence-corrected chi connectivity index (χ3v) is 3.96. The average molecular weight is 378 g/mol. The highest BCUT2D eigenvalue weighted by Crippen LogP contribution is 2.36. The summed E-state index contributed by atoms with van der Waals surface area (Å²) in [5.41, 5.74) is 1.52. The van der Waals surface area contributed by atoms with Crippen LogP contribution < -0.4 is 14.8 Å². The number of anilines is 1. The SMILES string of the molecule is CCCOc1c(Cl)cc(C(=O)Nc2cc(C(=O)O)ccc2C)cc1OC. The van der Waals surface area contributed by atoms with Crippen LogP contribution in [0.3, 0.4) is 0 Å². The van der Waals surface area contributed by atoms with Crippen molar-refractivity contribution >= 4 is 29.2 Å². The van der Waals surface area contributed by atoms with Gasteiger partial charge in [-0.15, -0.1) is 0 Å². The fourth-order valence-electron chi connectivity index (χ4n) is 2.28. The summed E-state index contributed by atoms with van der Waals surface area (Å²) in [6.07, 6.45) is 0.806. The van der Waals surface area contributed by atoms with E-state index >= 15 is 0 Å². The number of ether oxygens (including phenoxy) is 2. The number of halogens is 1. The molecule has 0 unspecified atom stereocenters. The van der Waals surface area contributed by atoms with Gasteiger partial charge in [-0.3, -0.25) is 4.79 Å². The van der Waals surface area contributed by atoms with Gasteiger partial charge in [0.05, 0.1) is 24.3 Å². The molecule has 2 rings (SSSR count). The summed E-state index contributed by atoms with van der Waals surface area (Å²) in [5, 5.41) is 12.1. The molecule has 0 aliphatic carbocycles. The van der Waals surface area contributed by atoms with Gasteiger partial charge in [0.25, 0.3) is 5.91 Å². The van der Waals surface area contributed by atoms with Gasteiger partial charge in [-0.05, 0) is 43.2 Å². The molecule has 0 saturated carbocycles. The van der Waals surface area contributed by atoms with E-state index in [1.54, 1.807) is 13.0 Å². The summed E-state index contributed by atoms with van der Waals surface area (Å²) in [6, 6.07) is 7.54. The average Bonchev–Trinajstić information content (AvgIpc) is 2.61. The van der Waals surface area contributed by atoms with E-state index in [9.17, 15) is 9.59 Å². The maximum Gasteiger partial charge on any atom is 0.335 e. The zero-order chi connectivity index (χ0) is 19.3. The van der Waals surface area contributed by atoms with E-state index in [-0.39, 0.29) is 16.1 Å². The number of nitrogens with one attached hydrogen (secondary N) is 1. The Labute approximate surface area is 156 Å². The molecule has 2 aromatic carbocycles. The number of benzene rings is 2. The van der Waals surface area contributed by atoms with Gasteiger partial charge in [0.1, 0.15) is 0 Å². The van der Waals surface area contributed by atoms with Crippen molar-refractivity contribution in [1.82, 2.24) is 0 Å². The Balaban J connectivity index is 2.31. The van der Waals surface area contributed by atoms with E-state index in [1.807, 2.05) is 6.92 Å². The molecule has 0 radical (unpaired) electrons. The van der Waals surface area contributed by atoms with Crippen LogP contribution >= 0.6 is 11.6 Å². The fourth-order valence-corrected chi connectivity index (χ4v) is 2.54. The molecule has 2 aromatic rings. The third kappa shape index (κ3) is 4.46. The number of hydrogen-bond donors (Lipinski definition) is 2. The topological polar surface area (TPSA) is 84.9 Å². The fraction of sp³-hybridized carbons (Fsp3) is 0.263. The molecule has 26 heavy (non-hydrogen) atoms. The van der Waals surface area contributed by atoms with Crippen LogP contribution in [0.25, 0.3) is 0 Å². The molecule has 138 valence electrons. The summed E-state index contributed by atoms with van der Waals surface area (Å²) in [4.78, 5) is 23.7. The molecule has 0 bridgehead atoms. The maximum absolute atomic E-state index is 12.6. The molecule has 0 heterocycles. The molecule has 2 N–H and O–H groups in total. The van der Waals surface area contributed by atoms with Crippen molar-refractivity contribution in [2.45, 2.75) is 20.3 Å². The predicted molar refractivity (Wildman–Crippen MR) is 99.9 cm³/mol. The summed E-state index contributed by atoms with van der Waals surface area (Å²) < 4.78 is 10.8. The molecule has 0 fully saturated rings. The van der Waals surface area contributed by atoms with Crippen LogP contribution in [0.5, 0.6) is 11.5 Å².